The maximum Gasteiger partial charge on any atom is 0.133 e. The molecule has 1 aromatic heterocycles. The highest BCUT2D eigenvalue weighted by molar-refractivity contribution is 5.79. The van der Waals surface area contributed by atoms with E-state index in [1.54, 1.807) is 0 Å². The van der Waals surface area contributed by atoms with Crippen LogP contribution in [-0.4, -0.2) is 9.55 Å². The fourth-order valence-corrected chi connectivity index (χ4v) is 3.95. The number of aryl methyl sites for hydroxylation is 1. The van der Waals surface area contributed by atoms with Crippen molar-refractivity contribution in [1.29, 1.82) is 0 Å². The molecule has 0 bridgehead atoms. The highest BCUT2D eigenvalue weighted by atomic mass is 15.1. The first-order chi connectivity index (χ1) is 14.4. The lowest BCUT2D eigenvalue weighted by molar-refractivity contribution is 0.537. The van der Waals surface area contributed by atoms with E-state index < -0.39 is 0 Å². The van der Waals surface area contributed by atoms with Gasteiger partial charge in [0, 0.05) is 6.54 Å². The van der Waals surface area contributed by atoms with E-state index in [9.17, 15) is 0 Å². The lowest BCUT2D eigenvalue weighted by Gasteiger charge is -2.07. The third-order valence-electron chi connectivity index (χ3n) is 5.64. The molecule has 2 nitrogen and oxygen atoms in total. The SMILES string of the molecule is CCCCCCCCCCCCn1c(C=Cc2ccccc2)nc2ccccc21. The van der Waals surface area contributed by atoms with Crippen LogP contribution >= 0.6 is 0 Å². The van der Waals surface area contributed by atoms with Crippen molar-refractivity contribution in [3.05, 3.63) is 66.0 Å². The minimum Gasteiger partial charge on any atom is -0.324 e. The highest BCUT2D eigenvalue weighted by Gasteiger charge is 2.07. The minimum absolute atomic E-state index is 1.05. The lowest BCUT2D eigenvalue weighted by atomic mass is 10.1. The summed E-state index contributed by atoms with van der Waals surface area (Å²) in [5.74, 6) is 1.06. The van der Waals surface area contributed by atoms with Crippen molar-refractivity contribution in [2.24, 2.45) is 0 Å². The molecule has 1 heterocycles. The first kappa shape index (κ1) is 21.4. The van der Waals surface area contributed by atoms with Crippen LogP contribution in [0.15, 0.2) is 54.6 Å². The Bertz CT molecular complexity index is 861. The zero-order valence-electron chi connectivity index (χ0n) is 18.0. The molecule has 0 amide bonds. The van der Waals surface area contributed by atoms with E-state index in [1.807, 2.05) is 0 Å². The number of hydrogen-bond donors (Lipinski definition) is 0. The van der Waals surface area contributed by atoms with Gasteiger partial charge in [0.2, 0.25) is 0 Å². The molecule has 3 rings (SSSR count). The van der Waals surface area contributed by atoms with E-state index in [-0.39, 0.29) is 0 Å². The van der Waals surface area contributed by atoms with Gasteiger partial charge in [-0.1, -0.05) is 113 Å². The molecule has 0 saturated heterocycles. The van der Waals surface area contributed by atoms with Gasteiger partial charge < -0.3 is 4.57 Å². The molecule has 154 valence electrons. The molecule has 3 aromatic rings. The van der Waals surface area contributed by atoms with Gasteiger partial charge in [-0.15, -0.1) is 0 Å². The van der Waals surface area contributed by atoms with Gasteiger partial charge in [-0.25, -0.2) is 4.98 Å². The van der Waals surface area contributed by atoms with Crippen molar-refractivity contribution in [3.63, 3.8) is 0 Å². The molecule has 0 aliphatic heterocycles. The van der Waals surface area contributed by atoms with Gasteiger partial charge >= 0.3 is 0 Å². The quantitative estimate of drug-likeness (QED) is 0.270. The van der Waals surface area contributed by atoms with Gasteiger partial charge in [-0.3, -0.25) is 0 Å². The summed E-state index contributed by atoms with van der Waals surface area (Å²) in [6, 6.07) is 19.0. The second-order valence-electron chi connectivity index (χ2n) is 8.04. The van der Waals surface area contributed by atoms with Crippen LogP contribution in [-0.2, 0) is 6.54 Å². The molecular weight excluding hydrogens is 352 g/mol. The van der Waals surface area contributed by atoms with Crippen molar-refractivity contribution in [2.75, 3.05) is 0 Å². The predicted molar refractivity (Wildman–Crippen MR) is 127 cm³/mol. The highest BCUT2D eigenvalue weighted by Crippen LogP contribution is 2.20. The zero-order valence-corrected chi connectivity index (χ0v) is 18.0. The number of benzene rings is 2. The second kappa shape index (κ2) is 12.3. The maximum absolute atomic E-state index is 4.87. The molecule has 0 saturated carbocycles. The Balaban J connectivity index is 1.51. The van der Waals surface area contributed by atoms with E-state index in [1.165, 1.54) is 75.3 Å². The first-order valence-electron chi connectivity index (χ1n) is 11.6. The Morgan fingerprint density at radius 2 is 1.31 bits per heavy atom. The van der Waals surface area contributed by atoms with Crippen LogP contribution in [0, 0.1) is 0 Å². The lowest BCUT2D eigenvalue weighted by Crippen LogP contribution is -2.00. The van der Waals surface area contributed by atoms with Gasteiger partial charge in [0.15, 0.2) is 0 Å². The third kappa shape index (κ3) is 6.88. The Labute approximate surface area is 176 Å². The van der Waals surface area contributed by atoms with Crippen LogP contribution in [0.3, 0.4) is 0 Å². The molecule has 29 heavy (non-hydrogen) atoms. The molecule has 0 unspecified atom stereocenters. The summed E-state index contributed by atoms with van der Waals surface area (Å²) in [5.41, 5.74) is 3.55. The molecule has 2 heteroatoms. The van der Waals surface area contributed by atoms with Gasteiger partial charge in [-0.2, -0.15) is 0 Å². The molecule has 2 aromatic carbocycles. The largest absolute Gasteiger partial charge is 0.324 e. The van der Waals surface area contributed by atoms with E-state index in [0.717, 1.165) is 17.9 Å². The maximum atomic E-state index is 4.87. The van der Waals surface area contributed by atoms with Crippen molar-refractivity contribution >= 4 is 23.2 Å². The Hall–Kier alpha value is -2.35. The van der Waals surface area contributed by atoms with Crippen molar-refractivity contribution in [3.8, 4) is 0 Å². The summed E-state index contributed by atoms with van der Waals surface area (Å²) < 4.78 is 2.39. The van der Waals surface area contributed by atoms with E-state index in [2.05, 4.69) is 78.2 Å². The number of para-hydroxylation sites is 2. The van der Waals surface area contributed by atoms with Crippen LogP contribution in [0.25, 0.3) is 23.2 Å². The summed E-state index contributed by atoms with van der Waals surface area (Å²) in [5, 5.41) is 0. The fraction of sp³-hybridized carbons (Fsp3) is 0.444. The van der Waals surface area contributed by atoms with Crippen LogP contribution < -0.4 is 0 Å². The Morgan fingerprint density at radius 1 is 0.690 bits per heavy atom. The molecule has 0 radical (unpaired) electrons. The summed E-state index contributed by atoms with van der Waals surface area (Å²) in [6.45, 7) is 3.33. The van der Waals surface area contributed by atoms with Crippen molar-refractivity contribution < 1.29 is 0 Å². The zero-order chi connectivity index (χ0) is 20.2. The standard InChI is InChI=1S/C27H36N2/c1-2-3-4-5-6-7-8-9-10-16-23-29-26-20-15-14-19-25(26)28-27(29)22-21-24-17-12-11-13-18-24/h11-15,17-22H,2-10,16,23H2,1H3. The number of imidazole rings is 1. The average molecular weight is 389 g/mol. The smallest absolute Gasteiger partial charge is 0.133 e. The molecule has 0 aliphatic carbocycles. The van der Waals surface area contributed by atoms with Crippen LogP contribution in [0.2, 0.25) is 0 Å². The number of unbranched alkanes of at least 4 members (excludes halogenated alkanes) is 9. The minimum atomic E-state index is 1.05. The van der Waals surface area contributed by atoms with Gasteiger partial charge in [0.05, 0.1) is 11.0 Å². The first-order valence-corrected chi connectivity index (χ1v) is 11.6. The average Bonchev–Trinajstić information content (AvgIpc) is 3.12. The van der Waals surface area contributed by atoms with E-state index in [4.69, 9.17) is 4.98 Å². The Morgan fingerprint density at radius 3 is 2.03 bits per heavy atom. The van der Waals surface area contributed by atoms with Crippen LogP contribution in [0.4, 0.5) is 0 Å². The predicted octanol–water partition coefficient (Wildman–Crippen LogP) is 8.13. The molecule has 0 fully saturated rings. The third-order valence-corrected chi connectivity index (χ3v) is 5.64. The van der Waals surface area contributed by atoms with Crippen molar-refractivity contribution in [1.82, 2.24) is 9.55 Å². The summed E-state index contributed by atoms with van der Waals surface area (Å²) in [7, 11) is 0. The summed E-state index contributed by atoms with van der Waals surface area (Å²) >= 11 is 0. The van der Waals surface area contributed by atoms with E-state index in [0.29, 0.717) is 0 Å². The van der Waals surface area contributed by atoms with Crippen LogP contribution in [0.1, 0.15) is 82.5 Å². The monoisotopic (exact) mass is 388 g/mol. The fourth-order valence-electron chi connectivity index (χ4n) is 3.95. The normalized spacial score (nSPS) is 11.6. The number of fused-ring (bicyclic) bond motifs is 1. The number of hydrogen-bond acceptors (Lipinski definition) is 1. The Kier molecular flexibility index (Phi) is 9.03. The van der Waals surface area contributed by atoms with Gasteiger partial charge in [0.1, 0.15) is 5.82 Å². The summed E-state index contributed by atoms with van der Waals surface area (Å²) in [6.07, 6.45) is 18.0. The van der Waals surface area contributed by atoms with Gasteiger partial charge in [0.25, 0.3) is 0 Å². The number of aromatic nitrogens is 2. The molecular formula is C27H36N2. The van der Waals surface area contributed by atoms with Crippen LogP contribution in [0.5, 0.6) is 0 Å². The molecule has 0 spiro atoms. The number of rotatable bonds is 13. The van der Waals surface area contributed by atoms with E-state index >= 15 is 0 Å². The topological polar surface area (TPSA) is 17.8 Å². The number of nitrogens with zero attached hydrogens (tertiary/aromatic N) is 2. The van der Waals surface area contributed by atoms with Gasteiger partial charge in [-0.05, 0) is 30.2 Å². The molecule has 0 N–H and O–H groups in total. The molecule has 0 atom stereocenters. The van der Waals surface area contributed by atoms with Crippen molar-refractivity contribution in [2.45, 2.75) is 77.7 Å². The summed E-state index contributed by atoms with van der Waals surface area (Å²) in [4.78, 5) is 4.87. The molecule has 0 aliphatic rings. The second-order valence-corrected chi connectivity index (χ2v) is 8.04.